The second kappa shape index (κ2) is 4.33. The Morgan fingerprint density at radius 3 is 2.77 bits per heavy atom. The number of nitrogens with zero attached hydrogens (tertiary/aromatic N) is 2. The van der Waals surface area contributed by atoms with E-state index in [1.165, 1.54) is 0 Å². The van der Waals surface area contributed by atoms with Crippen LogP contribution < -0.4 is 0 Å². The van der Waals surface area contributed by atoms with E-state index < -0.39 is 23.1 Å². The molecule has 1 atom stereocenters. The van der Waals surface area contributed by atoms with Crippen molar-refractivity contribution in [3.05, 3.63) is 23.8 Å². The minimum atomic E-state index is -2.00. The normalized spacial score (nSPS) is 12.8. The van der Waals surface area contributed by atoms with Gasteiger partial charge in [-0.15, -0.1) is 0 Å². The Bertz CT molecular complexity index is 334. The Morgan fingerprint density at radius 1 is 1.54 bits per heavy atom. The van der Waals surface area contributed by atoms with Gasteiger partial charge >= 0.3 is 6.08 Å². The zero-order chi connectivity index (χ0) is 9.84. The monoisotopic (exact) mass is 208 g/mol. The van der Waals surface area contributed by atoms with Gasteiger partial charge in [-0.3, -0.25) is 0 Å². The van der Waals surface area contributed by atoms with E-state index >= 15 is 0 Å². The Kier molecular flexibility index (Phi) is 3.38. The first-order valence-corrected chi connectivity index (χ1v) is 4.61. The zero-order valence-corrected chi connectivity index (χ0v) is 7.22. The SMILES string of the molecule is O=S(O)CCc1cnc(F)nc1F. The van der Waals surface area contributed by atoms with Crippen molar-refractivity contribution in [3.63, 3.8) is 0 Å². The number of hydrogen-bond donors (Lipinski definition) is 1. The molecule has 1 heterocycles. The number of aromatic nitrogens is 2. The van der Waals surface area contributed by atoms with Crippen LogP contribution in [0.2, 0.25) is 0 Å². The van der Waals surface area contributed by atoms with E-state index in [0.29, 0.717) is 0 Å². The Morgan fingerprint density at radius 2 is 2.23 bits per heavy atom. The van der Waals surface area contributed by atoms with Gasteiger partial charge in [0.2, 0.25) is 5.95 Å². The van der Waals surface area contributed by atoms with Gasteiger partial charge < -0.3 is 4.55 Å². The van der Waals surface area contributed by atoms with Gasteiger partial charge in [-0.05, 0) is 6.42 Å². The van der Waals surface area contributed by atoms with Gasteiger partial charge in [0.15, 0.2) is 11.1 Å². The summed E-state index contributed by atoms with van der Waals surface area (Å²) in [6, 6.07) is 0. The second-order valence-electron chi connectivity index (χ2n) is 2.23. The highest BCUT2D eigenvalue weighted by Gasteiger charge is 2.07. The fourth-order valence-electron chi connectivity index (χ4n) is 0.731. The van der Waals surface area contributed by atoms with Gasteiger partial charge in [0.1, 0.15) is 0 Å². The average Bonchev–Trinajstić information content (AvgIpc) is 2.02. The highest BCUT2D eigenvalue weighted by atomic mass is 32.2. The van der Waals surface area contributed by atoms with Crippen LogP contribution in [0.25, 0.3) is 0 Å². The minimum absolute atomic E-state index is 0.00915. The zero-order valence-electron chi connectivity index (χ0n) is 6.41. The topological polar surface area (TPSA) is 63.1 Å². The van der Waals surface area contributed by atoms with Crippen LogP contribution in [-0.4, -0.2) is 24.5 Å². The van der Waals surface area contributed by atoms with Crippen molar-refractivity contribution in [2.24, 2.45) is 0 Å². The molecule has 72 valence electrons. The summed E-state index contributed by atoms with van der Waals surface area (Å²) in [5.41, 5.74) is 0.0313. The molecule has 1 aromatic heterocycles. The maximum Gasteiger partial charge on any atom is 0.311 e. The van der Waals surface area contributed by atoms with Crippen LogP contribution in [-0.2, 0) is 17.5 Å². The molecule has 0 bridgehead atoms. The smallest absolute Gasteiger partial charge is 0.306 e. The largest absolute Gasteiger partial charge is 0.311 e. The first-order valence-electron chi connectivity index (χ1n) is 3.34. The quantitative estimate of drug-likeness (QED) is 0.447. The van der Waals surface area contributed by atoms with E-state index in [0.717, 1.165) is 6.20 Å². The van der Waals surface area contributed by atoms with Gasteiger partial charge in [-0.1, -0.05) is 0 Å². The maximum atomic E-state index is 12.7. The Balaban J connectivity index is 2.72. The molecule has 13 heavy (non-hydrogen) atoms. The van der Waals surface area contributed by atoms with E-state index in [9.17, 15) is 13.0 Å². The fraction of sp³-hybridized carbons (Fsp3) is 0.333. The van der Waals surface area contributed by atoms with E-state index in [-0.39, 0.29) is 17.7 Å². The van der Waals surface area contributed by atoms with Crippen LogP contribution in [0.4, 0.5) is 8.78 Å². The molecule has 0 saturated carbocycles. The summed E-state index contributed by atoms with van der Waals surface area (Å²) in [6.07, 6.45) is -0.175. The van der Waals surface area contributed by atoms with Crippen LogP contribution >= 0.6 is 0 Å². The van der Waals surface area contributed by atoms with Crippen molar-refractivity contribution in [1.29, 1.82) is 0 Å². The fourth-order valence-corrected chi connectivity index (χ4v) is 1.13. The molecule has 0 radical (unpaired) electrons. The van der Waals surface area contributed by atoms with Gasteiger partial charge in [0, 0.05) is 11.8 Å². The molecule has 0 amide bonds. The highest BCUT2D eigenvalue weighted by Crippen LogP contribution is 2.04. The predicted octanol–water partition coefficient (Wildman–Crippen LogP) is 0.519. The highest BCUT2D eigenvalue weighted by molar-refractivity contribution is 7.79. The van der Waals surface area contributed by atoms with E-state index in [4.69, 9.17) is 4.55 Å². The van der Waals surface area contributed by atoms with Crippen LogP contribution in [0, 0.1) is 12.0 Å². The third kappa shape index (κ3) is 3.11. The van der Waals surface area contributed by atoms with E-state index in [2.05, 4.69) is 9.97 Å². The summed E-state index contributed by atoms with van der Waals surface area (Å²) in [5, 5.41) is 0. The van der Waals surface area contributed by atoms with Crippen LogP contribution in [0.1, 0.15) is 5.56 Å². The lowest BCUT2D eigenvalue weighted by Crippen LogP contribution is -2.04. The van der Waals surface area contributed by atoms with Crippen molar-refractivity contribution in [1.82, 2.24) is 9.97 Å². The van der Waals surface area contributed by atoms with E-state index in [1.807, 2.05) is 0 Å². The van der Waals surface area contributed by atoms with Gasteiger partial charge in [0.25, 0.3) is 0 Å². The molecule has 1 aromatic rings. The molecule has 0 aliphatic carbocycles. The molecule has 0 aliphatic rings. The molecule has 1 N–H and O–H groups in total. The van der Waals surface area contributed by atoms with Gasteiger partial charge in [-0.25, -0.2) is 9.19 Å². The second-order valence-corrected chi connectivity index (χ2v) is 3.28. The van der Waals surface area contributed by atoms with Crippen molar-refractivity contribution < 1.29 is 17.5 Å². The first kappa shape index (κ1) is 10.1. The van der Waals surface area contributed by atoms with Crippen molar-refractivity contribution in [3.8, 4) is 0 Å². The summed E-state index contributed by atoms with van der Waals surface area (Å²) < 4.78 is 43.5. The number of rotatable bonds is 3. The minimum Gasteiger partial charge on any atom is -0.306 e. The average molecular weight is 208 g/mol. The number of aryl methyl sites for hydroxylation is 1. The van der Waals surface area contributed by atoms with Gasteiger partial charge in [-0.2, -0.15) is 13.8 Å². The third-order valence-corrected chi connectivity index (χ3v) is 1.88. The molecule has 0 aliphatic heterocycles. The Labute approximate surface area is 75.3 Å². The molecular formula is C6H6F2N2O2S. The summed E-state index contributed by atoms with van der Waals surface area (Å²) >= 11 is -2.00. The predicted molar refractivity (Wildman–Crippen MR) is 41.3 cm³/mol. The molecule has 4 nitrogen and oxygen atoms in total. The maximum absolute atomic E-state index is 12.7. The molecule has 0 aromatic carbocycles. The standard InChI is InChI=1S/C6H6F2N2O2S/c7-5-4(1-2-13(11)12)3-9-6(8)10-5/h3H,1-2H2,(H,11,12). The van der Waals surface area contributed by atoms with E-state index in [1.54, 1.807) is 0 Å². The summed E-state index contributed by atoms with van der Waals surface area (Å²) in [6.45, 7) is 0. The van der Waals surface area contributed by atoms with Crippen molar-refractivity contribution >= 4 is 11.1 Å². The summed E-state index contributed by atoms with van der Waals surface area (Å²) in [5.74, 6) is -1.11. The number of hydrogen-bond acceptors (Lipinski definition) is 3. The molecule has 7 heteroatoms. The molecule has 0 saturated heterocycles. The molecule has 0 spiro atoms. The van der Waals surface area contributed by atoms with Crippen LogP contribution in [0.5, 0.6) is 0 Å². The molecule has 1 rings (SSSR count). The molecule has 1 unspecified atom stereocenters. The lowest BCUT2D eigenvalue weighted by Gasteiger charge is -1.98. The van der Waals surface area contributed by atoms with Crippen LogP contribution in [0.15, 0.2) is 6.20 Å². The third-order valence-electron chi connectivity index (χ3n) is 1.33. The first-order chi connectivity index (χ1) is 6.09. The lowest BCUT2D eigenvalue weighted by atomic mass is 10.3. The summed E-state index contributed by atoms with van der Waals surface area (Å²) in [4.78, 5) is 5.95. The Hall–Kier alpha value is -0.950. The van der Waals surface area contributed by atoms with Crippen molar-refractivity contribution in [2.75, 3.05) is 5.75 Å². The molecule has 0 fully saturated rings. The summed E-state index contributed by atoms with van der Waals surface area (Å²) in [7, 11) is 0. The van der Waals surface area contributed by atoms with Gasteiger partial charge in [0.05, 0.1) is 5.75 Å². The lowest BCUT2D eigenvalue weighted by molar-refractivity contribution is 0.474. The van der Waals surface area contributed by atoms with Crippen molar-refractivity contribution in [2.45, 2.75) is 6.42 Å². The molecular weight excluding hydrogens is 202 g/mol. The number of halogens is 2. The van der Waals surface area contributed by atoms with Crippen LogP contribution in [0.3, 0.4) is 0 Å².